The molecule has 0 bridgehead atoms. The molecule has 0 amide bonds. The summed E-state index contributed by atoms with van der Waals surface area (Å²) in [5, 5.41) is 10.8. The molecule has 0 saturated carbocycles. The normalized spacial score (nSPS) is 11.0. The van der Waals surface area contributed by atoms with Crippen LogP contribution in [-0.2, 0) is 6.42 Å². The Kier molecular flexibility index (Phi) is 4.05. The minimum absolute atomic E-state index is 0.946. The van der Waals surface area contributed by atoms with Crippen molar-refractivity contribution in [3.8, 4) is 11.1 Å². The van der Waals surface area contributed by atoms with Crippen molar-refractivity contribution in [1.82, 2.24) is 15.5 Å². The first-order chi connectivity index (χ1) is 9.04. The molecule has 102 valence electrons. The van der Waals surface area contributed by atoms with Crippen LogP contribution in [0.4, 0.5) is 0 Å². The van der Waals surface area contributed by atoms with Crippen molar-refractivity contribution in [2.24, 2.45) is 0 Å². The third kappa shape index (κ3) is 2.71. The molecule has 2 aromatic rings. The minimum Gasteiger partial charge on any atom is -0.319 e. The Labute approximate surface area is 115 Å². The SMILES string of the molecule is CNCCc1n[nH]c(C)c1-c1c(C)cc(C)cc1C. The fourth-order valence-corrected chi connectivity index (χ4v) is 2.81. The Morgan fingerprint density at radius 2 is 1.68 bits per heavy atom. The molecule has 3 nitrogen and oxygen atoms in total. The van der Waals surface area contributed by atoms with Gasteiger partial charge in [-0.25, -0.2) is 0 Å². The quantitative estimate of drug-likeness (QED) is 0.883. The monoisotopic (exact) mass is 257 g/mol. The van der Waals surface area contributed by atoms with Gasteiger partial charge in [0, 0.05) is 24.2 Å². The number of likely N-dealkylation sites (N-methyl/N-ethyl adjacent to an activating group) is 1. The van der Waals surface area contributed by atoms with Gasteiger partial charge in [-0.1, -0.05) is 17.7 Å². The number of aromatic amines is 1. The van der Waals surface area contributed by atoms with Crippen molar-refractivity contribution in [3.63, 3.8) is 0 Å². The zero-order chi connectivity index (χ0) is 14.0. The molecule has 0 unspecified atom stereocenters. The summed E-state index contributed by atoms with van der Waals surface area (Å²) in [5.74, 6) is 0. The molecule has 0 aliphatic carbocycles. The molecule has 0 saturated heterocycles. The van der Waals surface area contributed by atoms with Gasteiger partial charge < -0.3 is 5.32 Å². The molecule has 0 spiro atoms. The summed E-state index contributed by atoms with van der Waals surface area (Å²) in [7, 11) is 1.97. The van der Waals surface area contributed by atoms with E-state index in [1.54, 1.807) is 0 Å². The molecule has 19 heavy (non-hydrogen) atoms. The Bertz CT molecular complexity index is 559. The van der Waals surface area contributed by atoms with Crippen LogP contribution in [0.15, 0.2) is 12.1 Å². The Morgan fingerprint density at radius 3 is 2.26 bits per heavy atom. The predicted octanol–water partition coefficient (Wildman–Crippen LogP) is 3.07. The third-order valence-corrected chi connectivity index (χ3v) is 3.56. The summed E-state index contributed by atoms with van der Waals surface area (Å²) in [5.41, 5.74) is 8.90. The lowest BCUT2D eigenvalue weighted by Gasteiger charge is -2.13. The molecule has 0 fully saturated rings. The standard InChI is InChI=1S/C16H23N3/c1-10-8-11(2)15(12(3)9-10)16-13(4)18-19-14(16)6-7-17-5/h8-9,17H,6-7H2,1-5H3,(H,18,19). The summed E-state index contributed by atoms with van der Waals surface area (Å²) in [6, 6.07) is 4.49. The molecular weight excluding hydrogens is 234 g/mol. The van der Waals surface area contributed by atoms with Gasteiger partial charge in [-0.2, -0.15) is 5.10 Å². The molecule has 0 atom stereocenters. The lowest BCUT2D eigenvalue weighted by Crippen LogP contribution is -2.11. The largest absolute Gasteiger partial charge is 0.319 e. The number of hydrogen-bond acceptors (Lipinski definition) is 2. The molecule has 3 heteroatoms. The van der Waals surface area contributed by atoms with Gasteiger partial charge in [-0.15, -0.1) is 0 Å². The van der Waals surface area contributed by atoms with E-state index in [2.05, 4.69) is 55.3 Å². The number of H-pyrrole nitrogens is 1. The van der Waals surface area contributed by atoms with Crippen molar-refractivity contribution in [1.29, 1.82) is 0 Å². The van der Waals surface area contributed by atoms with Crippen LogP contribution in [-0.4, -0.2) is 23.8 Å². The van der Waals surface area contributed by atoms with Crippen LogP contribution >= 0.6 is 0 Å². The topological polar surface area (TPSA) is 40.7 Å². The summed E-state index contributed by atoms with van der Waals surface area (Å²) in [6.45, 7) is 9.56. The van der Waals surface area contributed by atoms with E-state index in [9.17, 15) is 0 Å². The van der Waals surface area contributed by atoms with Gasteiger partial charge in [-0.3, -0.25) is 5.10 Å². The number of nitrogens with zero attached hydrogens (tertiary/aromatic N) is 1. The van der Waals surface area contributed by atoms with E-state index in [-0.39, 0.29) is 0 Å². The lowest BCUT2D eigenvalue weighted by molar-refractivity contribution is 0.773. The van der Waals surface area contributed by atoms with Crippen LogP contribution in [0.5, 0.6) is 0 Å². The summed E-state index contributed by atoms with van der Waals surface area (Å²) in [4.78, 5) is 0. The van der Waals surface area contributed by atoms with E-state index in [0.717, 1.165) is 24.4 Å². The maximum absolute atomic E-state index is 4.47. The summed E-state index contributed by atoms with van der Waals surface area (Å²) in [6.07, 6.45) is 0.947. The summed E-state index contributed by atoms with van der Waals surface area (Å²) < 4.78 is 0. The Hall–Kier alpha value is -1.61. The Morgan fingerprint density at radius 1 is 1.05 bits per heavy atom. The molecule has 2 N–H and O–H groups in total. The average Bonchev–Trinajstić information content (AvgIpc) is 2.68. The first kappa shape index (κ1) is 13.8. The minimum atomic E-state index is 0.946. The maximum atomic E-state index is 4.47. The second kappa shape index (κ2) is 5.57. The highest BCUT2D eigenvalue weighted by Gasteiger charge is 2.16. The van der Waals surface area contributed by atoms with Crippen molar-refractivity contribution in [3.05, 3.63) is 40.2 Å². The van der Waals surface area contributed by atoms with Gasteiger partial charge in [0.05, 0.1) is 5.69 Å². The van der Waals surface area contributed by atoms with Crippen LogP contribution in [0.2, 0.25) is 0 Å². The molecule has 0 aliphatic rings. The number of benzene rings is 1. The van der Waals surface area contributed by atoms with E-state index >= 15 is 0 Å². The van der Waals surface area contributed by atoms with Crippen molar-refractivity contribution >= 4 is 0 Å². The van der Waals surface area contributed by atoms with E-state index in [4.69, 9.17) is 0 Å². The number of rotatable bonds is 4. The highest BCUT2D eigenvalue weighted by Crippen LogP contribution is 2.32. The Balaban J connectivity index is 2.55. The van der Waals surface area contributed by atoms with Crippen LogP contribution in [0.25, 0.3) is 11.1 Å². The lowest BCUT2D eigenvalue weighted by atomic mass is 9.92. The molecule has 0 radical (unpaired) electrons. The zero-order valence-corrected chi connectivity index (χ0v) is 12.5. The van der Waals surface area contributed by atoms with Gasteiger partial charge >= 0.3 is 0 Å². The van der Waals surface area contributed by atoms with Gasteiger partial charge in [0.2, 0.25) is 0 Å². The predicted molar refractivity (Wildman–Crippen MR) is 80.6 cm³/mol. The average molecular weight is 257 g/mol. The zero-order valence-electron chi connectivity index (χ0n) is 12.5. The second-order valence-corrected chi connectivity index (χ2v) is 5.30. The smallest absolute Gasteiger partial charge is 0.0716 e. The molecule has 1 aromatic heterocycles. The van der Waals surface area contributed by atoms with Crippen LogP contribution in [0.1, 0.15) is 28.1 Å². The van der Waals surface area contributed by atoms with E-state index < -0.39 is 0 Å². The molecular formula is C16H23N3. The van der Waals surface area contributed by atoms with Gasteiger partial charge in [-0.05, 0) is 51.4 Å². The number of aromatic nitrogens is 2. The fourth-order valence-electron chi connectivity index (χ4n) is 2.81. The molecule has 2 rings (SSSR count). The molecule has 0 aliphatic heterocycles. The van der Waals surface area contributed by atoms with Crippen LogP contribution < -0.4 is 5.32 Å². The molecule has 1 heterocycles. The number of aryl methyl sites for hydroxylation is 4. The van der Waals surface area contributed by atoms with Crippen LogP contribution in [0, 0.1) is 27.7 Å². The van der Waals surface area contributed by atoms with Gasteiger partial charge in [0.1, 0.15) is 0 Å². The van der Waals surface area contributed by atoms with E-state index in [1.807, 2.05) is 7.05 Å². The van der Waals surface area contributed by atoms with E-state index in [0.29, 0.717) is 0 Å². The number of nitrogens with one attached hydrogen (secondary N) is 2. The first-order valence-corrected chi connectivity index (χ1v) is 6.81. The van der Waals surface area contributed by atoms with Gasteiger partial charge in [0.25, 0.3) is 0 Å². The molecule has 1 aromatic carbocycles. The van der Waals surface area contributed by atoms with Crippen molar-refractivity contribution in [2.45, 2.75) is 34.1 Å². The third-order valence-electron chi connectivity index (χ3n) is 3.56. The second-order valence-electron chi connectivity index (χ2n) is 5.30. The fraction of sp³-hybridized carbons (Fsp3) is 0.438. The van der Waals surface area contributed by atoms with Crippen molar-refractivity contribution < 1.29 is 0 Å². The maximum Gasteiger partial charge on any atom is 0.0716 e. The number of hydrogen-bond donors (Lipinski definition) is 2. The van der Waals surface area contributed by atoms with Crippen molar-refractivity contribution in [2.75, 3.05) is 13.6 Å². The summed E-state index contributed by atoms with van der Waals surface area (Å²) >= 11 is 0. The van der Waals surface area contributed by atoms with E-state index in [1.165, 1.54) is 27.8 Å². The first-order valence-electron chi connectivity index (χ1n) is 6.81. The highest BCUT2D eigenvalue weighted by atomic mass is 15.1. The highest BCUT2D eigenvalue weighted by molar-refractivity contribution is 5.75. The van der Waals surface area contributed by atoms with Gasteiger partial charge in [0.15, 0.2) is 0 Å². The van der Waals surface area contributed by atoms with Crippen LogP contribution in [0.3, 0.4) is 0 Å².